The Bertz CT molecular complexity index is 540. The van der Waals surface area contributed by atoms with Crippen LogP contribution >= 0.6 is 0 Å². The van der Waals surface area contributed by atoms with E-state index in [9.17, 15) is 0 Å². The minimum absolute atomic E-state index is 0.153. The van der Waals surface area contributed by atoms with Crippen molar-refractivity contribution in [3.05, 3.63) is 65.2 Å². The van der Waals surface area contributed by atoms with Crippen LogP contribution in [0.3, 0.4) is 0 Å². The van der Waals surface area contributed by atoms with Crippen LogP contribution in [0.1, 0.15) is 22.7 Å². The van der Waals surface area contributed by atoms with Crippen molar-refractivity contribution in [2.45, 2.75) is 19.5 Å². The second-order valence-electron chi connectivity index (χ2n) is 4.88. The van der Waals surface area contributed by atoms with Gasteiger partial charge in [-0.25, -0.2) is 0 Å². The van der Waals surface area contributed by atoms with Gasteiger partial charge in [-0.05, 0) is 29.7 Å². The minimum atomic E-state index is 0.153. The molecule has 1 unspecified atom stereocenters. The van der Waals surface area contributed by atoms with E-state index in [4.69, 9.17) is 10.5 Å². The fraction of sp³-hybridized carbons (Fsp3) is 0.294. The van der Waals surface area contributed by atoms with Gasteiger partial charge in [-0.1, -0.05) is 42.5 Å². The molecule has 0 bridgehead atoms. The van der Waals surface area contributed by atoms with Crippen LogP contribution in [0.25, 0.3) is 0 Å². The van der Waals surface area contributed by atoms with Gasteiger partial charge in [0, 0.05) is 19.1 Å². The second kappa shape index (κ2) is 7.08. The van der Waals surface area contributed by atoms with Gasteiger partial charge >= 0.3 is 0 Å². The zero-order chi connectivity index (χ0) is 14.4. The number of rotatable bonds is 6. The highest BCUT2D eigenvalue weighted by Gasteiger charge is 2.10. The van der Waals surface area contributed by atoms with E-state index in [0.29, 0.717) is 6.54 Å². The molecule has 0 saturated heterocycles. The van der Waals surface area contributed by atoms with Gasteiger partial charge < -0.3 is 15.8 Å². The first-order chi connectivity index (χ1) is 9.74. The average molecular weight is 270 g/mol. The smallest absolute Gasteiger partial charge is 0.121 e. The summed E-state index contributed by atoms with van der Waals surface area (Å²) in [4.78, 5) is 0. The van der Waals surface area contributed by atoms with Crippen molar-refractivity contribution in [1.82, 2.24) is 5.32 Å². The number of hydrogen-bond donors (Lipinski definition) is 2. The molecule has 3 N–H and O–H groups in total. The fourth-order valence-corrected chi connectivity index (χ4v) is 2.29. The highest BCUT2D eigenvalue weighted by atomic mass is 16.5. The Hall–Kier alpha value is -1.84. The largest absolute Gasteiger partial charge is 0.496 e. The predicted molar refractivity (Wildman–Crippen MR) is 82.8 cm³/mol. The molecule has 0 aliphatic carbocycles. The summed E-state index contributed by atoms with van der Waals surface area (Å²) in [5, 5.41) is 3.50. The third-order valence-electron chi connectivity index (χ3n) is 3.45. The number of benzene rings is 2. The summed E-state index contributed by atoms with van der Waals surface area (Å²) >= 11 is 0. The quantitative estimate of drug-likeness (QED) is 0.848. The van der Waals surface area contributed by atoms with Gasteiger partial charge in [0.25, 0.3) is 0 Å². The van der Waals surface area contributed by atoms with Crippen LogP contribution in [0, 0.1) is 6.92 Å². The first-order valence-corrected chi connectivity index (χ1v) is 6.86. The van der Waals surface area contributed by atoms with Crippen LogP contribution < -0.4 is 15.8 Å². The number of nitrogens with two attached hydrogens (primary N) is 1. The van der Waals surface area contributed by atoms with Gasteiger partial charge in [-0.2, -0.15) is 0 Å². The Morgan fingerprint density at radius 3 is 2.50 bits per heavy atom. The van der Waals surface area contributed by atoms with E-state index < -0.39 is 0 Å². The maximum atomic E-state index is 5.90. The van der Waals surface area contributed by atoms with Crippen molar-refractivity contribution >= 4 is 0 Å². The van der Waals surface area contributed by atoms with Crippen molar-refractivity contribution in [2.75, 3.05) is 13.7 Å². The first-order valence-electron chi connectivity index (χ1n) is 6.86. The Morgan fingerprint density at radius 1 is 1.15 bits per heavy atom. The molecule has 0 saturated carbocycles. The number of methoxy groups -OCH3 is 1. The summed E-state index contributed by atoms with van der Waals surface area (Å²) in [5.41, 5.74) is 9.48. The predicted octanol–water partition coefficient (Wildman–Crippen LogP) is 2.79. The van der Waals surface area contributed by atoms with Crippen molar-refractivity contribution in [2.24, 2.45) is 5.73 Å². The summed E-state index contributed by atoms with van der Waals surface area (Å²) in [6, 6.07) is 16.7. The molecule has 1 atom stereocenters. The molecule has 0 heterocycles. The number of ether oxygens (including phenoxy) is 1. The SMILES string of the molecule is COc1ccc(C(CN)NCc2ccccc2)cc1C. The summed E-state index contributed by atoms with van der Waals surface area (Å²) in [7, 11) is 1.69. The zero-order valence-electron chi connectivity index (χ0n) is 12.1. The number of nitrogens with one attached hydrogen (secondary N) is 1. The Labute approximate surface area is 120 Å². The lowest BCUT2D eigenvalue weighted by atomic mass is 10.0. The molecule has 0 spiro atoms. The molecule has 0 aliphatic rings. The molecule has 2 aromatic carbocycles. The summed E-state index contributed by atoms with van der Waals surface area (Å²) in [5.74, 6) is 0.910. The molecule has 0 aromatic heterocycles. The van der Waals surface area contributed by atoms with E-state index in [1.807, 2.05) is 31.2 Å². The van der Waals surface area contributed by atoms with E-state index in [2.05, 4.69) is 29.6 Å². The molecular formula is C17H22N2O. The normalized spacial score (nSPS) is 12.2. The van der Waals surface area contributed by atoms with Crippen molar-refractivity contribution in [3.63, 3.8) is 0 Å². The molecule has 2 aromatic rings. The van der Waals surface area contributed by atoms with E-state index in [0.717, 1.165) is 17.9 Å². The number of hydrogen-bond acceptors (Lipinski definition) is 3. The van der Waals surface area contributed by atoms with Crippen LogP contribution in [0.5, 0.6) is 5.75 Å². The fourth-order valence-electron chi connectivity index (χ4n) is 2.29. The lowest BCUT2D eigenvalue weighted by Gasteiger charge is -2.18. The summed E-state index contributed by atoms with van der Waals surface area (Å²) in [6.07, 6.45) is 0. The average Bonchev–Trinajstić information content (AvgIpc) is 2.49. The maximum Gasteiger partial charge on any atom is 0.121 e. The van der Waals surface area contributed by atoms with E-state index in [1.54, 1.807) is 7.11 Å². The van der Waals surface area contributed by atoms with Gasteiger partial charge in [0.15, 0.2) is 0 Å². The Balaban J connectivity index is 2.06. The highest BCUT2D eigenvalue weighted by Crippen LogP contribution is 2.22. The first kappa shape index (κ1) is 14.6. The van der Waals surface area contributed by atoms with Crippen molar-refractivity contribution in [1.29, 1.82) is 0 Å². The van der Waals surface area contributed by atoms with Crippen molar-refractivity contribution in [3.8, 4) is 5.75 Å². The molecule has 0 aliphatic heterocycles. The maximum absolute atomic E-state index is 5.90. The molecule has 20 heavy (non-hydrogen) atoms. The summed E-state index contributed by atoms with van der Waals surface area (Å²) in [6.45, 7) is 3.43. The van der Waals surface area contributed by atoms with E-state index in [-0.39, 0.29) is 6.04 Å². The molecule has 2 rings (SSSR count). The van der Waals surface area contributed by atoms with Gasteiger partial charge in [0.2, 0.25) is 0 Å². The van der Waals surface area contributed by atoms with Gasteiger partial charge in [-0.3, -0.25) is 0 Å². The molecular weight excluding hydrogens is 248 g/mol. The molecule has 3 heteroatoms. The number of aryl methyl sites for hydroxylation is 1. The van der Waals surface area contributed by atoms with Gasteiger partial charge in [0.1, 0.15) is 5.75 Å². The highest BCUT2D eigenvalue weighted by molar-refractivity contribution is 5.37. The molecule has 0 amide bonds. The van der Waals surface area contributed by atoms with Crippen LogP contribution in [-0.4, -0.2) is 13.7 Å². The van der Waals surface area contributed by atoms with E-state index >= 15 is 0 Å². The van der Waals surface area contributed by atoms with Gasteiger partial charge in [-0.15, -0.1) is 0 Å². The second-order valence-corrected chi connectivity index (χ2v) is 4.88. The lowest BCUT2D eigenvalue weighted by Crippen LogP contribution is -2.27. The topological polar surface area (TPSA) is 47.3 Å². The minimum Gasteiger partial charge on any atom is -0.496 e. The molecule has 0 fully saturated rings. The third-order valence-corrected chi connectivity index (χ3v) is 3.45. The zero-order valence-corrected chi connectivity index (χ0v) is 12.1. The van der Waals surface area contributed by atoms with Crippen molar-refractivity contribution < 1.29 is 4.74 Å². The Morgan fingerprint density at radius 2 is 1.90 bits per heavy atom. The monoisotopic (exact) mass is 270 g/mol. The molecule has 0 radical (unpaired) electrons. The van der Waals surface area contributed by atoms with Crippen LogP contribution in [0.4, 0.5) is 0 Å². The third kappa shape index (κ3) is 3.59. The van der Waals surface area contributed by atoms with Crippen LogP contribution in [0.2, 0.25) is 0 Å². The lowest BCUT2D eigenvalue weighted by molar-refractivity contribution is 0.411. The standard InChI is InChI=1S/C17H22N2O/c1-13-10-15(8-9-17(13)20-2)16(11-18)19-12-14-6-4-3-5-7-14/h3-10,16,19H,11-12,18H2,1-2H3. The van der Waals surface area contributed by atoms with Gasteiger partial charge in [0.05, 0.1) is 7.11 Å². The molecule has 3 nitrogen and oxygen atoms in total. The molecule has 106 valence electrons. The van der Waals surface area contributed by atoms with Crippen LogP contribution in [0.15, 0.2) is 48.5 Å². The van der Waals surface area contributed by atoms with Crippen LogP contribution in [-0.2, 0) is 6.54 Å². The summed E-state index contributed by atoms with van der Waals surface area (Å²) < 4.78 is 5.29. The Kier molecular flexibility index (Phi) is 5.16. The van der Waals surface area contributed by atoms with E-state index in [1.165, 1.54) is 11.1 Å².